The minimum absolute atomic E-state index is 0.355. The molecule has 1 heterocycles. The second-order valence-corrected chi connectivity index (χ2v) is 4.04. The van der Waals surface area contributed by atoms with Gasteiger partial charge in [0.1, 0.15) is 0 Å². The first-order valence-electron chi connectivity index (χ1n) is 5.99. The Morgan fingerprint density at radius 1 is 1.19 bits per heavy atom. The molecule has 0 spiro atoms. The first-order chi connectivity index (χ1) is 7.90. The van der Waals surface area contributed by atoms with Crippen molar-refractivity contribution in [2.45, 2.75) is 26.2 Å². The largest absolute Gasteiger partial charge is 0.454 e. The summed E-state index contributed by atoms with van der Waals surface area (Å²) in [4.78, 5) is 0. The highest BCUT2D eigenvalue weighted by atomic mass is 16.7. The van der Waals surface area contributed by atoms with Crippen LogP contribution in [0.2, 0.25) is 0 Å². The fourth-order valence-corrected chi connectivity index (χ4v) is 1.76. The summed E-state index contributed by atoms with van der Waals surface area (Å²) in [5.41, 5.74) is 1.30. The van der Waals surface area contributed by atoms with Crippen LogP contribution in [-0.2, 0) is 6.42 Å². The van der Waals surface area contributed by atoms with Crippen molar-refractivity contribution in [2.75, 3.05) is 19.9 Å². The van der Waals surface area contributed by atoms with Crippen molar-refractivity contribution in [3.8, 4) is 11.5 Å². The maximum Gasteiger partial charge on any atom is 0.231 e. The molecule has 88 valence electrons. The Bertz CT molecular complexity index is 339. The Morgan fingerprint density at radius 3 is 2.94 bits per heavy atom. The van der Waals surface area contributed by atoms with Crippen LogP contribution in [0.1, 0.15) is 25.3 Å². The maximum atomic E-state index is 5.34. The first-order valence-corrected chi connectivity index (χ1v) is 5.99. The van der Waals surface area contributed by atoms with E-state index in [1.165, 1.54) is 18.4 Å². The minimum Gasteiger partial charge on any atom is -0.454 e. The SMILES string of the molecule is CCCCNCCc1ccc2c(c1)OCO2. The van der Waals surface area contributed by atoms with Crippen LogP contribution in [0.15, 0.2) is 18.2 Å². The third-order valence-corrected chi connectivity index (χ3v) is 2.73. The van der Waals surface area contributed by atoms with E-state index in [2.05, 4.69) is 24.4 Å². The average Bonchev–Trinajstić information content (AvgIpc) is 2.76. The summed E-state index contributed by atoms with van der Waals surface area (Å²) in [6, 6.07) is 6.17. The molecule has 3 heteroatoms. The number of hydrogen-bond donors (Lipinski definition) is 1. The van der Waals surface area contributed by atoms with E-state index in [1.807, 2.05) is 6.07 Å². The molecule has 0 aromatic heterocycles. The van der Waals surface area contributed by atoms with E-state index >= 15 is 0 Å². The van der Waals surface area contributed by atoms with Crippen LogP contribution < -0.4 is 14.8 Å². The van der Waals surface area contributed by atoms with Gasteiger partial charge in [-0.15, -0.1) is 0 Å². The van der Waals surface area contributed by atoms with Crippen molar-refractivity contribution < 1.29 is 9.47 Å². The topological polar surface area (TPSA) is 30.5 Å². The summed E-state index contributed by atoms with van der Waals surface area (Å²) < 4.78 is 10.6. The van der Waals surface area contributed by atoms with Crippen molar-refractivity contribution >= 4 is 0 Å². The fraction of sp³-hybridized carbons (Fsp3) is 0.538. The minimum atomic E-state index is 0.355. The van der Waals surface area contributed by atoms with Crippen molar-refractivity contribution in [1.82, 2.24) is 5.32 Å². The van der Waals surface area contributed by atoms with Crippen LogP contribution in [0, 0.1) is 0 Å². The normalized spacial score (nSPS) is 13.1. The second-order valence-electron chi connectivity index (χ2n) is 4.04. The molecule has 0 saturated carbocycles. The fourth-order valence-electron chi connectivity index (χ4n) is 1.76. The Balaban J connectivity index is 1.77. The lowest BCUT2D eigenvalue weighted by atomic mass is 10.1. The van der Waals surface area contributed by atoms with Crippen molar-refractivity contribution in [1.29, 1.82) is 0 Å². The highest BCUT2D eigenvalue weighted by molar-refractivity contribution is 5.44. The van der Waals surface area contributed by atoms with Gasteiger partial charge < -0.3 is 14.8 Å². The zero-order chi connectivity index (χ0) is 11.2. The number of nitrogens with one attached hydrogen (secondary N) is 1. The van der Waals surface area contributed by atoms with Gasteiger partial charge in [-0.1, -0.05) is 19.4 Å². The lowest BCUT2D eigenvalue weighted by Crippen LogP contribution is -2.18. The Hall–Kier alpha value is -1.22. The van der Waals surface area contributed by atoms with Crippen molar-refractivity contribution in [3.63, 3.8) is 0 Å². The van der Waals surface area contributed by atoms with Crippen molar-refractivity contribution in [2.24, 2.45) is 0 Å². The van der Waals surface area contributed by atoms with E-state index in [0.29, 0.717) is 6.79 Å². The average molecular weight is 221 g/mol. The molecule has 0 amide bonds. The molecule has 1 aromatic rings. The first kappa shape index (κ1) is 11.3. The number of fused-ring (bicyclic) bond motifs is 1. The Kier molecular flexibility index (Phi) is 4.05. The molecule has 0 aliphatic carbocycles. The van der Waals surface area contributed by atoms with Crippen LogP contribution >= 0.6 is 0 Å². The third-order valence-electron chi connectivity index (χ3n) is 2.73. The van der Waals surface area contributed by atoms with Crippen LogP contribution in [0.4, 0.5) is 0 Å². The molecule has 0 unspecified atom stereocenters. The number of unbranched alkanes of at least 4 members (excludes halogenated alkanes) is 1. The van der Waals surface area contributed by atoms with Gasteiger partial charge in [-0.2, -0.15) is 0 Å². The van der Waals surface area contributed by atoms with Crippen LogP contribution in [0.5, 0.6) is 11.5 Å². The standard InChI is InChI=1S/C13H19NO2/c1-2-3-7-14-8-6-11-4-5-12-13(9-11)16-10-15-12/h4-5,9,14H,2-3,6-8,10H2,1H3. The molecule has 2 rings (SSSR count). The molecule has 1 aromatic carbocycles. The number of hydrogen-bond acceptors (Lipinski definition) is 3. The molecule has 1 aliphatic rings. The smallest absolute Gasteiger partial charge is 0.231 e. The molecule has 0 bridgehead atoms. The van der Waals surface area contributed by atoms with Gasteiger partial charge in [0.2, 0.25) is 6.79 Å². The van der Waals surface area contributed by atoms with Gasteiger partial charge in [0.05, 0.1) is 0 Å². The van der Waals surface area contributed by atoms with E-state index < -0.39 is 0 Å². The lowest BCUT2D eigenvalue weighted by molar-refractivity contribution is 0.174. The highest BCUT2D eigenvalue weighted by Gasteiger charge is 2.12. The highest BCUT2D eigenvalue weighted by Crippen LogP contribution is 2.32. The van der Waals surface area contributed by atoms with Gasteiger partial charge in [0, 0.05) is 0 Å². The molecule has 1 N–H and O–H groups in total. The molecular formula is C13H19NO2. The zero-order valence-corrected chi connectivity index (χ0v) is 9.79. The maximum absolute atomic E-state index is 5.34. The molecule has 0 atom stereocenters. The summed E-state index contributed by atoms with van der Waals surface area (Å²) in [6.07, 6.45) is 3.54. The van der Waals surface area contributed by atoms with E-state index in [1.54, 1.807) is 0 Å². The summed E-state index contributed by atoms with van der Waals surface area (Å²) in [5, 5.41) is 3.43. The number of rotatable bonds is 6. The molecule has 0 fully saturated rings. The zero-order valence-electron chi connectivity index (χ0n) is 9.79. The summed E-state index contributed by atoms with van der Waals surface area (Å²) in [7, 11) is 0. The summed E-state index contributed by atoms with van der Waals surface area (Å²) in [6.45, 7) is 4.70. The quantitative estimate of drug-likeness (QED) is 0.748. The van der Waals surface area contributed by atoms with Gasteiger partial charge in [-0.05, 0) is 43.6 Å². The summed E-state index contributed by atoms with van der Waals surface area (Å²) >= 11 is 0. The Labute approximate surface area is 96.8 Å². The van der Waals surface area contributed by atoms with Crippen LogP contribution in [0.25, 0.3) is 0 Å². The van der Waals surface area contributed by atoms with Crippen LogP contribution in [0.3, 0.4) is 0 Å². The predicted octanol–water partition coefficient (Wildman–Crippen LogP) is 2.35. The third kappa shape index (κ3) is 2.89. The summed E-state index contributed by atoms with van der Waals surface area (Å²) in [5.74, 6) is 1.74. The Morgan fingerprint density at radius 2 is 2.06 bits per heavy atom. The number of ether oxygens (including phenoxy) is 2. The molecule has 1 aliphatic heterocycles. The molecule has 0 saturated heterocycles. The predicted molar refractivity (Wildman–Crippen MR) is 64.0 cm³/mol. The van der Waals surface area contributed by atoms with Crippen molar-refractivity contribution in [3.05, 3.63) is 23.8 Å². The van der Waals surface area contributed by atoms with E-state index in [4.69, 9.17) is 9.47 Å². The van der Waals surface area contributed by atoms with Gasteiger partial charge in [0.25, 0.3) is 0 Å². The number of benzene rings is 1. The molecular weight excluding hydrogens is 202 g/mol. The second kappa shape index (κ2) is 5.75. The monoisotopic (exact) mass is 221 g/mol. The molecule has 16 heavy (non-hydrogen) atoms. The van der Waals surface area contributed by atoms with E-state index in [0.717, 1.165) is 31.0 Å². The van der Waals surface area contributed by atoms with E-state index in [-0.39, 0.29) is 0 Å². The molecule has 0 radical (unpaired) electrons. The molecule has 3 nitrogen and oxygen atoms in total. The van der Waals surface area contributed by atoms with Crippen LogP contribution in [-0.4, -0.2) is 19.9 Å². The van der Waals surface area contributed by atoms with Gasteiger partial charge in [-0.25, -0.2) is 0 Å². The lowest BCUT2D eigenvalue weighted by Gasteiger charge is -2.04. The van der Waals surface area contributed by atoms with Gasteiger partial charge in [0.15, 0.2) is 11.5 Å². The van der Waals surface area contributed by atoms with Gasteiger partial charge in [-0.3, -0.25) is 0 Å². The van der Waals surface area contributed by atoms with E-state index in [9.17, 15) is 0 Å². The van der Waals surface area contributed by atoms with Gasteiger partial charge >= 0.3 is 0 Å².